The molecule has 1 saturated heterocycles. The van der Waals surface area contributed by atoms with Gasteiger partial charge in [0, 0.05) is 32.8 Å². The molecule has 1 heterocycles. The number of hydrogen-bond acceptors (Lipinski definition) is 3. The van der Waals surface area contributed by atoms with E-state index in [0.29, 0.717) is 5.69 Å². The van der Waals surface area contributed by atoms with Crippen molar-refractivity contribution in [2.45, 2.75) is 25.8 Å². The van der Waals surface area contributed by atoms with E-state index in [1.165, 1.54) is 18.7 Å². The van der Waals surface area contributed by atoms with Gasteiger partial charge in [0.1, 0.15) is 12.4 Å². The summed E-state index contributed by atoms with van der Waals surface area (Å²) >= 11 is 0. The van der Waals surface area contributed by atoms with Gasteiger partial charge >= 0.3 is 0 Å². The molecule has 5 heteroatoms. The zero-order chi connectivity index (χ0) is 19.9. The highest BCUT2D eigenvalue weighted by molar-refractivity contribution is 5.95. The molecule has 0 unspecified atom stereocenters. The molecule has 1 amide bonds. The summed E-state index contributed by atoms with van der Waals surface area (Å²) in [5.74, 6) is -0.321. The summed E-state index contributed by atoms with van der Waals surface area (Å²) in [5.41, 5.74) is 1.68. The fraction of sp³-hybridized carbons (Fsp3) is 0.435. The lowest BCUT2D eigenvalue weighted by atomic mass is 9.91. The molecule has 0 bridgehead atoms. The molecule has 1 aliphatic heterocycles. The molecule has 0 saturated carbocycles. The number of anilines is 1. The summed E-state index contributed by atoms with van der Waals surface area (Å²) in [6.07, 6.45) is 1.83. The standard InChI is InChI=1S/C23H29FN2O2/c1-18-16-25(14-12-19-8-4-3-5-9-19)15-13-21(18)26(23(27)17-28-2)22-11-7-6-10-20(22)24/h3-11,18,21H,12-17H2,1-2H3/t18-,21+/m1/s1. The van der Waals surface area contributed by atoms with Crippen LogP contribution in [0.4, 0.5) is 10.1 Å². The van der Waals surface area contributed by atoms with Crippen molar-refractivity contribution in [2.24, 2.45) is 5.92 Å². The maximum atomic E-state index is 14.5. The lowest BCUT2D eigenvalue weighted by molar-refractivity contribution is -0.123. The number of carbonyl (C=O) groups is 1. The number of methoxy groups -OCH3 is 1. The fourth-order valence-corrected chi connectivity index (χ4v) is 4.08. The molecule has 1 aliphatic rings. The number of halogens is 1. The number of piperidine rings is 1. The van der Waals surface area contributed by atoms with Gasteiger partial charge in [-0.15, -0.1) is 0 Å². The lowest BCUT2D eigenvalue weighted by Crippen LogP contribution is -2.53. The minimum atomic E-state index is -0.370. The minimum Gasteiger partial charge on any atom is -0.375 e. The zero-order valence-corrected chi connectivity index (χ0v) is 16.7. The number of carbonyl (C=O) groups excluding carboxylic acids is 1. The van der Waals surface area contributed by atoms with Crippen LogP contribution in [0.15, 0.2) is 54.6 Å². The molecule has 0 spiro atoms. The molecule has 1 fully saturated rings. The van der Waals surface area contributed by atoms with Gasteiger partial charge in [-0.3, -0.25) is 4.79 Å². The number of rotatable bonds is 7. The van der Waals surface area contributed by atoms with E-state index >= 15 is 0 Å². The predicted octanol–water partition coefficient (Wildman–Crippen LogP) is 3.76. The average molecular weight is 384 g/mol. The van der Waals surface area contributed by atoms with E-state index in [2.05, 4.69) is 36.1 Å². The third kappa shape index (κ3) is 4.97. The zero-order valence-electron chi connectivity index (χ0n) is 16.7. The molecule has 2 atom stereocenters. The highest BCUT2D eigenvalue weighted by atomic mass is 19.1. The molecule has 0 aromatic heterocycles. The molecule has 0 aliphatic carbocycles. The van der Waals surface area contributed by atoms with Crippen LogP contribution in [0.1, 0.15) is 18.9 Å². The number of benzene rings is 2. The van der Waals surface area contributed by atoms with Crippen LogP contribution in [0.5, 0.6) is 0 Å². The monoisotopic (exact) mass is 384 g/mol. The molecular formula is C23H29FN2O2. The average Bonchev–Trinajstić information content (AvgIpc) is 2.70. The van der Waals surface area contributed by atoms with Crippen LogP contribution in [0.2, 0.25) is 0 Å². The Morgan fingerprint density at radius 1 is 1.18 bits per heavy atom. The van der Waals surface area contributed by atoms with E-state index in [0.717, 1.165) is 32.5 Å². The molecule has 2 aromatic rings. The quantitative estimate of drug-likeness (QED) is 0.729. The van der Waals surface area contributed by atoms with Crippen LogP contribution in [0.3, 0.4) is 0 Å². The number of hydrogen-bond donors (Lipinski definition) is 0. The van der Waals surface area contributed by atoms with Gasteiger partial charge in [0.25, 0.3) is 5.91 Å². The van der Waals surface area contributed by atoms with Gasteiger partial charge in [0.2, 0.25) is 0 Å². The number of nitrogens with zero attached hydrogens (tertiary/aromatic N) is 2. The summed E-state index contributed by atoms with van der Waals surface area (Å²) in [5, 5.41) is 0. The second-order valence-corrected chi connectivity index (χ2v) is 7.52. The number of amides is 1. The van der Waals surface area contributed by atoms with E-state index in [-0.39, 0.29) is 30.3 Å². The van der Waals surface area contributed by atoms with Crippen molar-refractivity contribution in [3.05, 3.63) is 66.0 Å². The molecule has 28 heavy (non-hydrogen) atoms. The first-order chi connectivity index (χ1) is 13.6. The summed E-state index contributed by atoms with van der Waals surface area (Å²) < 4.78 is 19.5. The van der Waals surface area contributed by atoms with E-state index in [1.54, 1.807) is 23.1 Å². The molecule has 2 aromatic carbocycles. The Morgan fingerprint density at radius 3 is 2.57 bits per heavy atom. The molecule has 0 N–H and O–H groups in total. The molecule has 0 radical (unpaired) electrons. The Bertz CT molecular complexity index is 768. The van der Waals surface area contributed by atoms with Crippen LogP contribution >= 0.6 is 0 Å². The van der Waals surface area contributed by atoms with E-state index in [4.69, 9.17) is 4.74 Å². The first-order valence-corrected chi connectivity index (χ1v) is 9.92. The highest BCUT2D eigenvalue weighted by Crippen LogP contribution is 2.29. The predicted molar refractivity (Wildman–Crippen MR) is 110 cm³/mol. The van der Waals surface area contributed by atoms with Crippen LogP contribution in [-0.4, -0.2) is 50.2 Å². The van der Waals surface area contributed by atoms with Crippen LogP contribution in [0.25, 0.3) is 0 Å². The van der Waals surface area contributed by atoms with Crippen molar-refractivity contribution in [2.75, 3.05) is 38.3 Å². The Hall–Kier alpha value is -2.24. The largest absolute Gasteiger partial charge is 0.375 e. The van der Waals surface area contributed by atoms with Crippen molar-refractivity contribution in [3.63, 3.8) is 0 Å². The first-order valence-electron chi connectivity index (χ1n) is 9.92. The van der Waals surface area contributed by atoms with Crippen LogP contribution in [-0.2, 0) is 16.0 Å². The lowest BCUT2D eigenvalue weighted by Gasteiger charge is -2.42. The number of para-hydroxylation sites is 1. The SMILES string of the molecule is COCC(=O)N(c1ccccc1F)[C@H]1CCN(CCc2ccccc2)C[C@H]1C. The van der Waals surface area contributed by atoms with Crippen LogP contribution < -0.4 is 4.90 Å². The van der Waals surface area contributed by atoms with E-state index < -0.39 is 0 Å². The number of ether oxygens (including phenoxy) is 1. The maximum absolute atomic E-state index is 14.5. The van der Waals surface area contributed by atoms with Gasteiger partial charge in [0.05, 0.1) is 5.69 Å². The Kier molecular flexibility index (Phi) is 7.18. The van der Waals surface area contributed by atoms with Crippen molar-refractivity contribution in [1.82, 2.24) is 4.90 Å². The summed E-state index contributed by atoms with van der Waals surface area (Å²) in [6, 6.07) is 16.9. The van der Waals surface area contributed by atoms with E-state index in [9.17, 15) is 9.18 Å². The Morgan fingerprint density at radius 2 is 1.89 bits per heavy atom. The third-order valence-electron chi connectivity index (χ3n) is 5.48. The first kappa shape index (κ1) is 20.5. The maximum Gasteiger partial charge on any atom is 0.253 e. The second kappa shape index (κ2) is 9.80. The molecule has 3 rings (SSSR count). The number of likely N-dealkylation sites (tertiary alicyclic amines) is 1. The van der Waals surface area contributed by atoms with Crippen molar-refractivity contribution < 1.29 is 13.9 Å². The van der Waals surface area contributed by atoms with Gasteiger partial charge in [-0.05, 0) is 36.5 Å². The van der Waals surface area contributed by atoms with Crippen molar-refractivity contribution in [1.29, 1.82) is 0 Å². The van der Waals surface area contributed by atoms with Gasteiger partial charge < -0.3 is 14.5 Å². The summed E-state index contributed by atoms with van der Waals surface area (Å²) in [4.78, 5) is 16.8. The molecule has 4 nitrogen and oxygen atoms in total. The van der Waals surface area contributed by atoms with Gasteiger partial charge in [-0.2, -0.15) is 0 Å². The van der Waals surface area contributed by atoms with Crippen molar-refractivity contribution in [3.8, 4) is 0 Å². The summed E-state index contributed by atoms with van der Waals surface area (Å²) in [6.45, 7) is 4.88. The Labute approximate surface area is 166 Å². The minimum absolute atomic E-state index is 0.0347. The third-order valence-corrected chi connectivity index (χ3v) is 5.48. The van der Waals surface area contributed by atoms with Gasteiger partial charge in [-0.25, -0.2) is 4.39 Å². The van der Waals surface area contributed by atoms with E-state index in [1.807, 2.05) is 6.07 Å². The molecular weight excluding hydrogens is 355 g/mol. The smallest absolute Gasteiger partial charge is 0.253 e. The summed E-state index contributed by atoms with van der Waals surface area (Å²) in [7, 11) is 1.49. The Balaban J connectivity index is 1.69. The van der Waals surface area contributed by atoms with Gasteiger partial charge in [-0.1, -0.05) is 49.4 Å². The topological polar surface area (TPSA) is 32.8 Å². The fourth-order valence-electron chi connectivity index (χ4n) is 4.08. The normalized spacial score (nSPS) is 20.1. The highest BCUT2D eigenvalue weighted by Gasteiger charge is 2.35. The molecule has 150 valence electrons. The van der Waals surface area contributed by atoms with Crippen molar-refractivity contribution >= 4 is 11.6 Å². The second-order valence-electron chi connectivity index (χ2n) is 7.52. The van der Waals surface area contributed by atoms with Crippen LogP contribution in [0, 0.1) is 11.7 Å². The van der Waals surface area contributed by atoms with Gasteiger partial charge in [0.15, 0.2) is 0 Å².